The van der Waals surface area contributed by atoms with Crippen LogP contribution in [0.1, 0.15) is 6.92 Å². The number of carbonyl (C=O) groups is 2. The Hall–Kier alpha value is -0.172. The van der Waals surface area contributed by atoms with E-state index >= 15 is 0 Å². The molecule has 3 nitrogen and oxygen atoms in total. The summed E-state index contributed by atoms with van der Waals surface area (Å²) in [6.07, 6.45) is 0. The molecular weight excluding hydrogens is 204 g/mol. The molecule has 0 aromatic heterocycles. The van der Waals surface area contributed by atoms with Crippen LogP contribution in [-0.4, -0.2) is 18.4 Å². The number of rotatable bonds is 3. The third-order valence-corrected chi connectivity index (χ3v) is 1.13. The molecule has 0 spiro atoms. The molecule has 0 saturated heterocycles. The zero-order valence-corrected chi connectivity index (χ0v) is 7.05. The summed E-state index contributed by atoms with van der Waals surface area (Å²) in [6.45, 7) is 1.29. The van der Waals surface area contributed by atoms with Crippen LogP contribution in [0.4, 0.5) is 0 Å². The van der Waals surface area contributed by atoms with E-state index in [1.165, 1.54) is 6.92 Å². The van der Waals surface area contributed by atoms with E-state index in [1.54, 1.807) is 19.8 Å². The molecule has 0 rings (SSSR count). The Kier molecular flexibility index (Phi) is 4.59. The number of ketones is 1. The van der Waals surface area contributed by atoms with Crippen LogP contribution in [0.2, 0.25) is 4.81 Å². The van der Waals surface area contributed by atoms with Crippen LogP contribution < -0.4 is 0 Å². The van der Waals surface area contributed by atoms with Gasteiger partial charge in [0.25, 0.3) is 0 Å². The van der Waals surface area contributed by atoms with Crippen LogP contribution in [0.3, 0.4) is 0 Å². The van der Waals surface area contributed by atoms with Crippen molar-refractivity contribution in [3.8, 4) is 0 Å². The van der Waals surface area contributed by atoms with E-state index in [2.05, 4.69) is 4.74 Å². The standard InChI is InChI=1S/C5H7O3.Mo/c1-4(6)3-8-5(2)7;/h2-3H2,1H3;. The second-order valence-electron chi connectivity index (χ2n) is 1.51. The second kappa shape index (κ2) is 4.68. The molecule has 0 unspecified atom stereocenters. The molecule has 51 valence electrons. The molecule has 0 aliphatic carbocycles. The Balaban J connectivity index is 3.28. The van der Waals surface area contributed by atoms with Crippen molar-refractivity contribution in [1.82, 2.24) is 0 Å². The summed E-state index contributed by atoms with van der Waals surface area (Å²) in [5, 5.41) is 0. The molecule has 4 heteroatoms. The average Bonchev–Trinajstić information content (AvgIpc) is 1.83. The normalized spacial score (nSPS) is 8.56. The molecule has 0 N–H and O–H groups in total. The molecule has 0 aliphatic rings. The van der Waals surface area contributed by atoms with Gasteiger partial charge >= 0.3 is 64.2 Å². The minimum absolute atomic E-state index is 0.0890. The van der Waals surface area contributed by atoms with Crippen LogP contribution in [0.25, 0.3) is 0 Å². The van der Waals surface area contributed by atoms with Gasteiger partial charge in [-0.05, 0) is 0 Å². The number of hydrogen-bond acceptors (Lipinski definition) is 3. The SMILES string of the molecule is CC(=O)COC(=O)[CH2][Mo]. The quantitative estimate of drug-likeness (QED) is 0.490. The number of esters is 1. The second-order valence-corrected chi connectivity index (χ2v) is 2.22. The maximum absolute atomic E-state index is 10.3. The molecular formula is C5H7MoO3. The van der Waals surface area contributed by atoms with Gasteiger partial charge in [0.05, 0.1) is 0 Å². The van der Waals surface area contributed by atoms with Crippen LogP contribution in [-0.2, 0) is 34.1 Å². The van der Waals surface area contributed by atoms with Crippen LogP contribution >= 0.6 is 0 Å². The fraction of sp³-hybridized carbons (Fsp3) is 0.600. The molecule has 0 saturated carbocycles. The van der Waals surface area contributed by atoms with Gasteiger partial charge in [-0.15, -0.1) is 0 Å². The molecule has 0 heterocycles. The Morgan fingerprint density at radius 1 is 1.56 bits per heavy atom. The molecule has 0 aromatic carbocycles. The van der Waals surface area contributed by atoms with E-state index in [0.29, 0.717) is 4.81 Å². The van der Waals surface area contributed by atoms with Crippen molar-refractivity contribution in [2.45, 2.75) is 11.7 Å². The van der Waals surface area contributed by atoms with Crippen LogP contribution in [0.5, 0.6) is 0 Å². The predicted octanol–water partition coefficient (Wildman–Crippen LogP) is 0.0837. The average molecular weight is 211 g/mol. The summed E-state index contributed by atoms with van der Waals surface area (Å²) in [4.78, 5) is 20.9. The summed E-state index contributed by atoms with van der Waals surface area (Å²) >= 11 is 1.62. The van der Waals surface area contributed by atoms with E-state index in [4.69, 9.17) is 0 Å². The molecule has 0 amide bonds. The maximum atomic E-state index is 10.3. The Morgan fingerprint density at radius 3 is 2.44 bits per heavy atom. The first kappa shape index (κ1) is 8.83. The van der Waals surface area contributed by atoms with Crippen molar-refractivity contribution >= 4 is 11.8 Å². The molecule has 9 heavy (non-hydrogen) atoms. The first-order valence-corrected chi connectivity index (χ1v) is 3.82. The van der Waals surface area contributed by atoms with E-state index in [0.717, 1.165) is 0 Å². The monoisotopic (exact) mass is 213 g/mol. The fourth-order valence-electron chi connectivity index (χ4n) is 0.224. The summed E-state index contributed by atoms with van der Waals surface area (Å²) < 4.78 is 4.47. The van der Waals surface area contributed by atoms with Gasteiger partial charge in [0.15, 0.2) is 0 Å². The Bertz CT molecular complexity index is 121. The van der Waals surface area contributed by atoms with Crippen molar-refractivity contribution in [3.05, 3.63) is 0 Å². The van der Waals surface area contributed by atoms with Gasteiger partial charge in [0.1, 0.15) is 0 Å². The van der Waals surface area contributed by atoms with Crippen molar-refractivity contribution in [2.75, 3.05) is 6.61 Å². The Morgan fingerprint density at radius 2 is 2.11 bits per heavy atom. The van der Waals surface area contributed by atoms with Gasteiger partial charge in [0, 0.05) is 0 Å². The van der Waals surface area contributed by atoms with E-state index in [-0.39, 0.29) is 18.4 Å². The third-order valence-electron chi connectivity index (χ3n) is 0.554. The number of carbonyl (C=O) groups excluding carboxylic acids is 2. The van der Waals surface area contributed by atoms with Crippen LogP contribution in [0, 0.1) is 0 Å². The van der Waals surface area contributed by atoms with E-state index < -0.39 is 0 Å². The van der Waals surface area contributed by atoms with Crippen molar-refractivity contribution in [3.63, 3.8) is 0 Å². The number of ether oxygens (including phenoxy) is 1. The van der Waals surface area contributed by atoms with Gasteiger partial charge in [0.2, 0.25) is 0 Å². The fourth-order valence-corrected chi connectivity index (χ4v) is 0.429. The van der Waals surface area contributed by atoms with Crippen LogP contribution in [0.15, 0.2) is 0 Å². The first-order valence-electron chi connectivity index (χ1n) is 2.40. The number of hydrogen-bond donors (Lipinski definition) is 0. The molecule has 0 bridgehead atoms. The topological polar surface area (TPSA) is 43.4 Å². The molecule has 0 aromatic rings. The predicted molar refractivity (Wildman–Crippen MR) is 26.4 cm³/mol. The van der Waals surface area contributed by atoms with Gasteiger partial charge in [-0.1, -0.05) is 0 Å². The summed E-state index contributed by atoms with van der Waals surface area (Å²) in [6, 6.07) is 0. The van der Waals surface area contributed by atoms with E-state index in [9.17, 15) is 9.59 Å². The minimum atomic E-state index is -0.324. The summed E-state index contributed by atoms with van der Waals surface area (Å²) in [5.41, 5.74) is 0. The number of Topliss-reactive ketones (excluding diaryl/α,β-unsaturated/α-hetero) is 1. The van der Waals surface area contributed by atoms with E-state index in [1.807, 2.05) is 0 Å². The third kappa shape index (κ3) is 5.70. The zero-order valence-electron chi connectivity index (χ0n) is 5.05. The molecule has 0 fully saturated rings. The van der Waals surface area contributed by atoms with Gasteiger partial charge < -0.3 is 0 Å². The molecule has 0 radical (unpaired) electrons. The zero-order chi connectivity index (χ0) is 7.28. The van der Waals surface area contributed by atoms with Gasteiger partial charge in [-0.25, -0.2) is 0 Å². The van der Waals surface area contributed by atoms with Crippen molar-refractivity contribution < 1.29 is 34.1 Å². The van der Waals surface area contributed by atoms with Crippen molar-refractivity contribution in [2.24, 2.45) is 0 Å². The summed E-state index contributed by atoms with van der Waals surface area (Å²) in [5.74, 6) is -0.451. The molecule has 0 atom stereocenters. The van der Waals surface area contributed by atoms with Gasteiger partial charge in [-0.3, -0.25) is 0 Å². The Labute approximate surface area is 64.7 Å². The first-order chi connectivity index (χ1) is 4.16. The summed E-state index contributed by atoms with van der Waals surface area (Å²) in [7, 11) is 0. The van der Waals surface area contributed by atoms with Crippen molar-refractivity contribution in [1.29, 1.82) is 0 Å². The molecule has 0 aliphatic heterocycles. The van der Waals surface area contributed by atoms with Gasteiger partial charge in [-0.2, -0.15) is 0 Å².